The first-order valence-corrected chi connectivity index (χ1v) is 4.92. The molecule has 0 bridgehead atoms. The minimum absolute atomic E-state index is 0.295. The third-order valence-corrected chi connectivity index (χ3v) is 2.88. The Morgan fingerprint density at radius 1 is 1.44 bits per heavy atom. The summed E-state index contributed by atoms with van der Waals surface area (Å²) in [6.45, 7) is 1.75. The number of H-pyrrole nitrogens is 1. The summed E-state index contributed by atoms with van der Waals surface area (Å²) in [6, 6.07) is 3.06. The van der Waals surface area contributed by atoms with E-state index in [0.717, 1.165) is 6.20 Å². The van der Waals surface area contributed by atoms with Crippen LogP contribution in [0.5, 0.6) is 0 Å². The van der Waals surface area contributed by atoms with E-state index in [0.29, 0.717) is 21.5 Å². The van der Waals surface area contributed by atoms with Gasteiger partial charge in [0.25, 0.3) is 0 Å². The van der Waals surface area contributed by atoms with Gasteiger partial charge in [-0.15, -0.1) is 0 Å². The number of carbonyl (C=O) groups is 1. The predicted octanol–water partition coefficient (Wildman–Crippen LogP) is 0.853. The maximum absolute atomic E-state index is 11.7. The Balaban J connectivity index is 2.93. The first-order valence-electron chi connectivity index (χ1n) is 4.54. The molecule has 0 aliphatic heterocycles. The van der Waals surface area contributed by atoms with Crippen molar-refractivity contribution in [3.05, 3.63) is 44.7 Å². The summed E-state index contributed by atoms with van der Waals surface area (Å²) in [7, 11) is 0. The van der Waals surface area contributed by atoms with Crippen LogP contribution in [0.25, 0.3) is 10.9 Å². The summed E-state index contributed by atoms with van der Waals surface area (Å²) in [5.41, 5.74) is 0.311. The van der Waals surface area contributed by atoms with Crippen molar-refractivity contribution in [3.63, 3.8) is 0 Å². The average Bonchev–Trinajstić information content (AvgIpc) is 2.23. The van der Waals surface area contributed by atoms with Gasteiger partial charge in [0, 0.05) is 16.6 Å². The molecule has 0 spiro atoms. The van der Waals surface area contributed by atoms with E-state index in [1.807, 2.05) is 0 Å². The number of carboxylic acids is 1. The standard InChI is InChI=1S/C11H8ClNO3/c1-5-8(12)3-2-6-9(5)13-4-7(10(6)14)11(15)16/h2-4H,1H3,(H,13,14)(H,15,16)/p-1. The highest BCUT2D eigenvalue weighted by Crippen LogP contribution is 2.21. The molecular weight excluding hydrogens is 230 g/mol. The number of nitrogens with one attached hydrogen (secondary N) is 1. The first kappa shape index (κ1) is 10.7. The summed E-state index contributed by atoms with van der Waals surface area (Å²) in [6.07, 6.45) is 1.13. The zero-order chi connectivity index (χ0) is 11.9. The molecule has 0 amide bonds. The van der Waals surface area contributed by atoms with Gasteiger partial charge in [-0.25, -0.2) is 0 Å². The van der Waals surface area contributed by atoms with Crippen molar-refractivity contribution >= 4 is 28.5 Å². The number of aryl methyl sites for hydroxylation is 1. The van der Waals surface area contributed by atoms with Gasteiger partial charge in [0.1, 0.15) is 0 Å². The van der Waals surface area contributed by atoms with Gasteiger partial charge in [-0.2, -0.15) is 0 Å². The van der Waals surface area contributed by atoms with Gasteiger partial charge in [0.2, 0.25) is 0 Å². The zero-order valence-electron chi connectivity index (χ0n) is 8.33. The molecule has 82 valence electrons. The number of pyridine rings is 1. The topological polar surface area (TPSA) is 73.0 Å². The van der Waals surface area contributed by atoms with E-state index >= 15 is 0 Å². The number of aromatic nitrogens is 1. The Kier molecular flexibility index (Phi) is 2.44. The molecular formula is C11H7ClNO3-. The molecule has 16 heavy (non-hydrogen) atoms. The minimum Gasteiger partial charge on any atom is -0.545 e. The molecule has 0 aliphatic carbocycles. The van der Waals surface area contributed by atoms with Crippen LogP contribution in [-0.4, -0.2) is 11.0 Å². The predicted molar refractivity (Wildman–Crippen MR) is 58.6 cm³/mol. The SMILES string of the molecule is Cc1c(Cl)ccc2c(=O)c(C(=O)[O-])c[nH]c12. The van der Waals surface area contributed by atoms with Crippen LogP contribution < -0.4 is 10.5 Å². The van der Waals surface area contributed by atoms with Gasteiger partial charge in [0.15, 0.2) is 5.43 Å². The number of hydrogen-bond donors (Lipinski definition) is 1. The van der Waals surface area contributed by atoms with Crippen LogP contribution in [0.4, 0.5) is 0 Å². The van der Waals surface area contributed by atoms with Crippen molar-refractivity contribution in [1.29, 1.82) is 0 Å². The molecule has 4 nitrogen and oxygen atoms in total. The third kappa shape index (κ3) is 1.47. The first-order chi connectivity index (χ1) is 7.52. The maximum atomic E-state index is 11.7. The van der Waals surface area contributed by atoms with Gasteiger partial charge in [0.05, 0.1) is 17.0 Å². The molecule has 1 N–H and O–H groups in total. The normalized spacial score (nSPS) is 10.6. The molecule has 0 fully saturated rings. The van der Waals surface area contributed by atoms with Crippen molar-refractivity contribution in [3.8, 4) is 0 Å². The van der Waals surface area contributed by atoms with Gasteiger partial charge in [-0.1, -0.05) is 11.6 Å². The van der Waals surface area contributed by atoms with Crippen LogP contribution in [0.15, 0.2) is 23.1 Å². The minimum atomic E-state index is -1.49. The number of aromatic carboxylic acids is 1. The fourth-order valence-electron chi connectivity index (χ4n) is 1.57. The Morgan fingerprint density at radius 2 is 2.12 bits per heavy atom. The lowest BCUT2D eigenvalue weighted by atomic mass is 10.1. The summed E-state index contributed by atoms with van der Waals surface area (Å²) in [4.78, 5) is 25.2. The van der Waals surface area contributed by atoms with Crippen LogP contribution in [0.2, 0.25) is 5.02 Å². The quantitative estimate of drug-likeness (QED) is 0.798. The second-order valence-electron chi connectivity index (χ2n) is 3.41. The molecule has 0 saturated heterocycles. The highest BCUT2D eigenvalue weighted by molar-refractivity contribution is 6.32. The van der Waals surface area contributed by atoms with E-state index in [-0.39, 0.29) is 5.56 Å². The third-order valence-electron chi connectivity index (χ3n) is 2.47. The molecule has 5 heteroatoms. The van der Waals surface area contributed by atoms with Crippen molar-refractivity contribution in [2.24, 2.45) is 0 Å². The van der Waals surface area contributed by atoms with Crippen molar-refractivity contribution < 1.29 is 9.90 Å². The Labute approximate surface area is 95.5 Å². The number of aromatic amines is 1. The van der Waals surface area contributed by atoms with Gasteiger partial charge < -0.3 is 14.9 Å². The second kappa shape index (κ2) is 3.64. The summed E-state index contributed by atoms with van der Waals surface area (Å²) >= 11 is 5.89. The van der Waals surface area contributed by atoms with Crippen molar-refractivity contribution in [2.75, 3.05) is 0 Å². The van der Waals surface area contributed by atoms with Crippen LogP contribution in [0, 0.1) is 6.92 Å². The fourth-order valence-corrected chi connectivity index (χ4v) is 1.73. The molecule has 0 atom stereocenters. The number of fused-ring (bicyclic) bond motifs is 1. The van der Waals surface area contributed by atoms with E-state index in [1.165, 1.54) is 6.07 Å². The molecule has 1 aromatic heterocycles. The molecule has 1 aromatic carbocycles. The molecule has 0 unspecified atom stereocenters. The van der Waals surface area contributed by atoms with E-state index in [2.05, 4.69) is 4.98 Å². The van der Waals surface area contributed by atoms with Gasteiger partial charge in [-0.3, -0.25) is 4.79 Å². The van der Waals surface area contributed by atoms with Gasteiger partial charge >= 0.3 is 0 Å². The highest BCUT2D eigenvalue weighted by Gasteiger charge is 2.08. The Hall–Kier alpha value is -1.81. The van der Waals surface area contributed by atoms with Crippen molar-refractivity contribution in [2.45, 2.75) is 6.92 Å². The highest BCUT2D eigenvalue weighted by atomic mass is 35.5. The van der Waals surface area contributed by atoms with Crippen LogP contribution in [-0.2, 0) is 0 Å². The number of hydrogen-bond acceptors (Lipinski definition) is 3. The summed E-state index contributed by atoms with van der Waals surface area (Å²) in [5, 5.41) is 11.5. The van der Waals surface area contributed by atoms with Crippen LogP contribution >= 0.6 is 11.6 Å². The Bertz CT molecular complexity index is 645. The second-order valence-corrected chi connectivity index (χ2v) is 3.82. The number of carboxylic acid groups (broad SMARTS) is 1. The Morgan fingerprint density at radius 3 is 2.75 bits per heavy atom. The zero-order valence-corrected chi connectivity index (χ0v) is 9.09. The van der Waals surface area contributed by atoms with Crippen LogP contribution in [0.1, 0.15) is 15.9 Å². The smallest absolute Gasteiger partial charge is 0.198 e. The van der Waals surface area contributed by atoms with Crippen molar-refractivity contribution in [1.82, 2.24) is 4.98 Å². The molecule has 2 rings (SSSR count). The number of rotatable bonds is 1. The molecule has 1 heterocycles. The summed E-state index contributed by atoms with van der Waals surface area (Å²) in [5.74, 6) is -1.49. The van der Waals surface area contributed by atoms with Crippen LogP contribution in [0.3, 0.4) is 0 Å². The number of halogens is 1. The van der Waals surface area contributed by atoms with E-state index in [4.69, 9.17) is 11.6 Å². The van der Waals surface area contributed by atoms with E-state index in [1.54, 1.807) is 13.0 Å². The van der Waals surface area contributed by atoms with E-state index in [9.17, 15) is 14.7 Å². The summed E-state index contributed by atoms with van der Waals surface area (Å²) < 4.78 is 0. The maximum Gasteiger partial charge on any atom is 0.198 e. The fraction of sp³-hybridized carbons (Fsp3) is 0.0909. The average molecular weight is 237 g/mol. The number of carbonyl (C=O) groups excluding carboxylic acids is 1. The van der Waals surface area contributed by atoms with Gasteiger partial charge in [-0.05, 0) is 24.6 Å². The monoisotopic (exact) mass is 236 g/mol. The lowest BCUT2D eigenvalue weighted by Crippen LogP contribution is -2.29. The lowest BCUT2D eigenvalue weighted by Gasteiger charge is -2.06. The lowest BCUT2D eigenvalue weighted by molar-refractivity contribution is -0.255. The molecule has 0 radical (unpaired) electrons. The molecule has 0 aliphatic rings. The number of benzene rings is 1. The van der Waals surface area contributed by atoms with E-state index < -0.39 is 11.4 Å². The molecule has 2 aromatic rings. The molecule has 0 saturated carbocycles. The largest absolute Gasteiger partial charge is 0.545 e.